The number of nitrogens with one attached hydrogen (secondary N) is 1. The number of aryl methyl sites for hydroxylation is 1. The van der Waals surface area contributed by atoms with Gasteiger partial charge in [-0.25, -0.2) is 14.3 Å². The molecule has 0 saturated heterocycles. The Kier molecular flexibility index (Phi) is 4.60. The number of anilines is 1. The van der Waals surface area contributed by atoms with Crippen molar-refractivity contribution in [3.63, 3.8) is 0 Å². The first-order valence-electron chi connectivity index (χ1n) is 8.22. The molecule has 3 aromatic heterocycles. The first-order valence-corrected chi connectivity index (χ1v) is 8.22. The lowest BCUT2D eigenvalue weighted by Gasteiger charge is -2.08. The highest BCUT2D eigenvalue weighted by Crippen LogP contribution is 2.19. The molecule has 1 amide bonds. The van der Waals surface area contributed by atoms with Crippen molar-refractivity contribution in [2.24, 2.45) is 0 Å². The molecule has 0 aliphatic carbocycles. The maximum absolute atomic E-state index is 12.4. The fraction of sp³-hybridized carbons (Fsp3) is 0.353. The molecule has 25 heavy (non-hydrogen) atoms. The van der Waals surface area contributed by atoms with E-state index in [0.29, 0.717) is 12.2 Å². The van der Waals surface area contributed by atoms with Gasteiger partial charge in [-0.1, -0.05) is 6.92 Å². The highest BCUT2D eigenvalue weighted by Gasteiger charge is 2.12. The van der Waals surface area contributed by atoms with E-state index < -0.39 is 0 Å². The van der Waals surface area contributed by atoms with Crippen molar-refractivity contribution in [2.75, 3.05) is 5.32 Å². The molecule has 3 rings (SSSR count). The van der Waals surface area contributed by atoms with Crippen LogP contribution in [0.25, 0.3) is 11.0 Å². The first-order chi connectivity index (χ1) is 12.0. The van der Waals surface area contributed by atoms with Crippen LogP contribution < -0.4 is 10.9 Å². The molecule has 0 unspecified atom stereocenters. The molecule has 3 heterocycles. The zero-order valence-corrected chi connectivity index (χ0v) is 14.4. The summed E-state index contributed by atoms with van der Waals surface area (Å²) in [5.74, 6) is -0.387. The van der Waals surface area contributed by atoms with Gasteiger partial charge in [0.1, 0.15) is 5.69 Å². The van der Waals surface area contributed by atoms with Crippen molar-refractivity contribution in [1.29, 1.82) is 0 Å². The number of rotatable bonds is 5. The molecule has 0 aliphatic heterocycles. The minimum Gasteiger partial charge on any atom is -0.319 e. The van der Waals surface area contributed by atoms with E-state index in [9.17, 15) is 9.59 Å². The highest BCUT2D eigenvalue weighted by molar-refractivity contribution is 6.03. The van der Waals surface area contributed by atoms with Crippen molar-refractivity contribution in [2.45, 2.75) is 39.8 Å². The van der Waals surface area contributed by atoms with Crippen LogP contribution in [0.4, 0.5) is 5.69 Å². The number of amides is 1. The van der Waals surface area contributed by atoms with Gasteiger partial charge in [0.15, 0.2) is 5.65 Å². The molecule has 3 aromatic rings. The zero-order chi connectivity index (χ0) is 18.0. The fourth-order valence-corrected chi connectivity index (χ4v) is 2.52. The number of pyridine rings is 1. The third-order valence-corrected chi connectivity index (χ3v) is 3.72. The molecule has 0 aromatic carbocycles. The lowest BCUT2D eigenvalue weighted by atomic mass is 10.3. The van der Waals surface area contributed by atoms with Gasteiger partial charge in [0, 0.05) is 24.0 Å². The highest BCUT2D eigenvalue weighted by atomic mass is 16.2. The lowest BCUT2D eigenvalue weighted by Crippen LogP contribution is -2.26. The van der Waals surface area contributed by atoms with Gasteiger partial charge < -0.3 is 5.32 Å². The monoisotopic (exact) mass is 340 g/mol. The second kappa shape index (κ2) is 6.84. The van der Waals surface area contributed by atoms with E-state index in [1.165, 1.54) is 16.8 Å². The SMILES string of the molecule is CCCn1nc(C(=O)Nc2cnc3c(cnn3C(C)C)c2)ccc1=O. The van der Waals surface area contributed by atoms with Crippen molar-refractivity contribution in [1.82, 2.24) is 24.5 Å². The van der Waals surface area contributed by atoms with Crippen LogP contribution in [0.5, 0.6) is 0 Å². The maximum atomic E-state index is 12.4. The molecule has 0 radical (unpaired) electrons. The predicted octanol–water partition coefficient (Wildman–Crippen LogP) is 2.23. The molecule has 8 nitrogen and oxygen atoms in total. The number of hydrogen-bond acceptors (Lipinski definition) is 5. The quantitative estimate of drug-likeness (QED) is 0.768. The summed E-state index contributed by atoms with van der Waals surface area (Å²) in [6, 6.07) is 4.79. The molecule has 130 valence electrons. The third-order valence-electron chi connectivity index (χ3n) is 3.72. The fourth-order valence-electron chi connectivity index (χ4n) is 2.52. The molecule has 1 N–H and O–H groups in total. The van der Waals surface area contributed by atoms with Crippen molar-refractivity contribution in [3.8, 4) is 0 Å². The summed E-state index contributed by atoms with van der Waals surface area (Å²) in [4.78, 5) is 28.5. The molecule has 0 fully saturated rings. The standard InChI is InChI=1S/C17H20N6O2/c1-4-7-22-15(24)6-5-14(21-22)17(25)20-13-8-12-9-19-23(11(2)3)16(12)18-10-13/h5-6,8-11H,4,7H2,1-3H3,(H,20,25). The number of fused-ring (bicyclic) bond motifs is 1. The molecular weight excluding hydrogens is 320 g/mol. The van der Waals surface area contributed by atoms with Crippen LogP contribution in [0, 0.1) is 0 Å². The topological polar surface area (TPSA) is 94.7 Å². The Labute approximate surface area is 144 Å². The van der Waals surface area contributed by atoms with Crippen LogP contribution in [0.1, 0.15) is 43.7 Å². The van der Waals surface area contributed by atoms with Crippen LogP contribution in [-0.4, -0.2) is 30.5 Å². The van der Waals surface area contributed by atoms with Crippen molar-refractivity contribution >= 4 is 22.6 Å². The largest absolute Gasteiger partial charge is 0.319 e. The van der Waals surface area contributed by atoms with Gasteiger partial charge >= 0.3 is 0 Å². The van der Waals surface area contributed by atoms with E-state index in [1.54, 1.807) is 12.4 Å². The van der Waals surface area contributed by atoms with E-state index in [-0.39, 0.29) is 23.2 Å². The molecule has 8 heteroatoms. The van der Waals surface area contributed by atoms with Gasteiger partial charge in [-0.2, -0.15) is 10.2 Å². The Morgan fingerprint density at radius 2 is 2.08 bits per heavy atom. The van der Waals surface area contributed by atoms with Gasteiger partial charge in [-0.3, -0.25) is 9.59 Å². The number of carbonyl (C=O) groups is 1. The van der Waals surface area contributed by atoms with E-state index in [2.05, 4.69) is 20.5 Å². The van der Waals surface area contributed by atoms with E-state index in [1.807, 2.05) is 31.5 Å². The van der Waals surface area contributed by atoms with Gasteiger partial charge in [0.2, 0.25) is 0 Å². The minimum absolute atomic E-state index is 0.186. The molecule has 0 bridgehead atoms. The summed E-state index contributed by atoms with van der Waals surface area (Å²) in [7, 11) is 0. The van der Waals surface area contributed by atoms with Gasteiger partial charge in [0.05, 0.1) is 18.1 Å². The van der Waals surface area contributed by atoms with Crippen molar-refractivity contribution in [3.05, 3.63) is 46.6 Å². The Hall–Kier alpha value is -3.03. The normalized spacial score (nSPS) is 11.2. The van der Waals surface area contributed by atoms with Crippen LogP contribution in [0.15, 0.2) is 35.4 Å². The number of hydrogen-bond donors (Lipinski definition) is 1. The second-order valence-electron chi connectivity index (χ2n) is 6.05. The van der Waals surface area contributed by atoms with Crippen LogP contribution in [0.2, 0.25) is 0 Å². The summed E-state index contributed by atoms with van der Waals surface area (Å²) in [5, 5.41) is 12.0. The minimum atomic E-state index is -0.387. The van der Waals surface area contributed by atoms with E-state index in [4.69, 9.17) is 0 Å². The molecule has 0 atom stereocenters. The summed E-state index contributed by atoms with van der Waals surface area (Å²) in [6.07, 6.45) is 4.07. The Bertz CT molecular complexity index is 973. The number of aromatic nitrogens is 5. The van der Waals surface area contributed by atoms with Gasteiger partial charge in [-0.15, -0.1) is 0 Å². The van der Waals surface area contributed by atoms with Crippen LogP contribution >= 0.6 is 0 Å². The molecule has 0 aliphatic rings. The molecule has 0 spiro atoms. The second-order valence-corrected chi connectivity index (χ2v) is 6.05. The summed E-state index contributed by atoms with van der Waals surface area (Å²) >= 11 is 0. The number of nitrogens with zero attached hydrogens (tertiary/aromatic N) is 5. The Morgan fingerprint density at radius 1 is 1.28 bits per heavy atom. The van der Waals surface area contributed by atoms with Crippen molar-refractivity contribution < 1.29 is 4.79 Å². The first kappa shape index (κ1) is 16.8. The smallest absolute Gasteiger partial charge is 0.276 e. The third kappa shape index (κ3) is 3.42. The van der Waals surface area contributed by atoms with Gasteiger partial charge in [-0.05, 0) is 32.4 Å². The van der Waals surface area contributed by atoms with Crippen LogP contribution in [-0.2, 0) is 6.54 Å². The average Bonchev–Trinajstić information content (AvgIpc) is 3.00. The zero-order valence-electron chi connectivity index (χ0n) is 14.4. The predicted molar refractivity (Wildman–Crippen MR) is 94.7 cm³/mol. The average molecular weight is 340 g/mol. The Balaban J connectivity index is 1.84. The Morgan fingerprint density at radius 3 is 2.80 bits per heavy atom. The van der Waals surface area contributed by atoms with Crippen LogP contribution in [0.3, 0.4) is 0 Å². The van der Waals surface area contributed by atoms with Gasteiger partial charge in [0.25, 0.3) is 11.5 Å². The van der Waals surface area contributed by atoms with E-state index in [0.717, 1.165) is 17.5 Å². The maximum Gasteiger partial charge on any atom is 0.276 e. The molecular formula is C17H20N6O2. The molecule has 0 saturated carbocycles. The summed E-state index contributed by atoms with van der Waals surface area (Å²) in [6.45, 7) is 6.47. The number of carbonyl (C=O) groups excluding carboxylic acids is 1. The summed E-state index contributed by atoms with van der Waals surface area (Å²) in [5.41, 5.74) is 1.28. The lowest BCUT2D eigenvalue weighted by molar-refractivity contribution is 0.101. The summed E-state index contributed by atoms with van der Waals surface area (Å²) < 4.78 is 3.12. The van der Waals surface area contributed by atoms with E-state index >= 15 is 0 Å².